The molecule has 2 rings (SSSR count). The number of hydrogen-bond acceptors (Lipinski definition) is 3. The van der Waals surface area contributed by atoms with Gasteiger partial charge in [0.2, 0.25) is 0 Å². The standard InChI is InChI=1S/C17H19FO3S/c1-12-7-13(2)9-15(8-12)17(19)11-22(20,21)10-14-3-5-16(18)6-4-14/h3-9,17,19H,10-11H2,1-2H3. The van der Waals surface area contributed by atoms with Crippen LogP contribution in [0.15, 0.2) is 42.5 Å². The summed E-state index contributed by atoms with van der Waals surface area (Å²) in [6, 6.07) is 10.9. The Morgan fingerprint density at radius 3 is 2.14 bits per heavy atom. The summed E-state index contributed by atoms with van der Waals surface area (Å²) in [5.41, 5.74) is 3.06. The molecule has 2 aromatic rings. The van der Waals surface area contributed by atoms with E-state index >= 15 is 0 Å². The molecule has 0 radical (unpaired) electrons. The van der Waals surface area contributed by atoms with Crippen molar-refractivity contribution in [3.63, 3.8) is 0 Å². The molecule has 0 amide bonds. The van der Waals surface area contributed by atoms with Crippen LogP contribution in [-0.2, 0) is 15.6 Å². The molecule has 0 aliphatic heterocycles. The SMILES string of the molecule is Cc1cc(C)cc(C(O)CS(=O)(=O)Cc2ccc(F)cc2)c1. The van der Waals surface area contributed by atoms with Gasteiger partial charge in [-0.15, -0.1) is 0 Å². The van der Waals surface area contributed by atoms with Crippen molar-refractivity contribution >= 4 is 9.84 Å². The van der Waals surface area contributed by atoms with Gasteiger partial charge in [-0.05, 0) is 37.1 Å². The van der Waals surface area contributed by atoms with Crippen molar-refractivity contribution in [2.24, 2.45) is 0 Å². The molecule has 118 valence electrons. The van der Waals surface area contributed by atoms with E-state index < -0.39 is 21.8 Å². The fraction of sp³-hybridized carbons (Fsp3) is 0.294. The van der Waals surface area contributed by atoms with Crippen LogP contribution in [0, 0.1) is 19.7 Å². The van der Waals surface area contributed by atoms with Crippen molar-refractivity contribution in [1.29, 1.82) is 0 Å². The molecule has 0 fully saturated rings. The second-order valence-corrected chi connectivity index (χ2v) is 7.73. The van der Waals surface area contributed by atoms with E-state index in [1.165, 1.54) is 24.3 Å². The molecule has 0 aliphatic carbocycles. The van der Waals surface area contributed by atoms with Crippen molar-refractivity contribution in [2.75, 3.05) is 5.75 Å². The Morgan fingerprint density at radius 1 is 1.05 bits per heavy atom. The van der Waals surface area contributed by atoms with E-state index in [-0.39, 0.29) is 11.5 Å². The summed E-state index contributed by atoms with van der Waals surface area (Å²) >= 11 is 0. The normalized spacial score (nSPS) is 13.1. The maximum atomic E-state index is 12.8. The van der Waals surface area contributed by atoms with Crippen molar-refractivity contribution in [2.45, 2.75) is 25.7 Å². The third-order valence-electron chi connectivity index (χ3n) is 3.34. The maximum Gasteiger partial charge on any atom is 0.157 e. The lowest BCUT2D eigenvalue weighted by Crippen LogP contribution is -2.16. The molecule has 1 unspecified atom stereocenters. The van der Waals surface area contributed by atoms with Crippen molar-refractivity contribution in [1.82, 2.24) is 0 Å². The minimum Gasteiger partial charge on any atom is -0.387 e. The highest BCUT2D eigenvalue weighted by molar-refractivity contribution is 7.90. The minimum atomic E-state index is -3.49. The molecule has 0 aliphatic rings. The Bertz CT molecular complexity index is 732. The summed E-state index contributed by atoms with van der Waals surface area (Å²) in [5, 5.41) is 10.2. The summed E-state index contributed by atoms with van der Waals surface area (Å²) in [4.78, 5) is 0. The van der Waals surface area contributed by atoms with E-state index in [1.807, 2.05) is 19.9 Å². The van der Waals surface area contributed by atoms with Crippen LogP contribution in [0.2, 0.25) is 0 Å². The summed E-state index contributed by atoms with van der Waals surface area (Å²) < 4.78 is 37.2. The van der Waals surface area contributed by atoms with E-state index in [9.17, 15) is 17.9 Å². The summed E-state index contributed by atoms with van der Waals surface area (Å²) in [6.45, 7) is 3.80. The lowest BCUT2D eigenvalue weighted by atomic mass is 10.0. The highest BCUT2D eigenvalue weighted by Crippen LogP contribution is 2.20. The van der Waals surface area contributed by atoms with Crippen molar-refractivity contribution in [3.05, 3.63) is 70.5 Å². The number of aliphatic hydroxyl groups is 1. The van der Waals surface area contributed by atoms with Gasteiger partial charge >= 0.3 is 0 Å². The van der Waals surface area contributed by atoms with Gasteiger partial charge in [-0.3, -0.25) is 0 Å². The molecule has 1 N–H and O–H groups in total. The van der Waals surface area contributed by atoms with Gasteiger partial charge in [-0.25, -0.2) is 12.8 Å². The second kappa shape index (κ2) is 6.58. The van der Waals surface area contributed by atoms with Gasteiger partial charge < -0.3 is 5.11 Å². The first-order valence-electron chi connectivity index (χ1n) is 6.96. The number of rotatable bonds is 5. The lowest BCUT2D eigenvalue weighted by Gasteiger charge is -2.13. The molecule has 1 atom stereocenters. The van der Waals surface area contributed by atoms with E-state index in [0.29, 0.717) is 11.1 Å². The lowest BCUT2D eigenvalue weighted by molar-refractivity contribution is 0.201. The van der Waals surface area contributed by atoms with Crippen LogP contribution in [0.1, 0.15) is 28.4 Å². The molecule has 0 spiro atoms. The minimum absolute atomic E-state index is 0.213. The second-order valence-electron chi connectivity index (χ2n) is 5.62. The molecule has 0 heterocycles. The molecule has 5 heteroatoms. The topological polar surface area (TPSA) is 54.4 Å². The number of aliphatic hydroxyl groups excluding tert-OH is 1. The van der Waals surface area contributed by atoms with E-state index in [2.05, 4.69) is 0 Å². The van der Waals surface area contributed by atoms with Gasteiger partial charge in [0.1, 0.15) is 5.82 Å². The zero-order valence-electron chi connectivity index (χ0n) is 12.6. The third-order valence-corrected chi connectivity index (χ3v) is 4.94. The monoisotopic (exact) mass is 322 g/mol. The molecular formula is C17H19FO3S. The highest BCUT2D eigenvalue weighted by Gasteiger charge is 2.20. The van der Waals surface area contributed by atoms with Gasteiger partial charge in [-0.2, -0.15) is 0 Å². The predicted molar refractivity (Wildman–Crippen MR) is 84.8 cm³/mol. The average Bonchev–Trinajstić information content (AvgIpc) is 2.39. The van der Waals surface area contributed by atoms with E-state index in [4.69, 9.17) is 0 Å². The van der Waals surface area contributed by atoms with Crippen LogP contribution in [-0.4, -0.2) is 19.3 Å². The molecule has 3 nitrogen and oxygen atoms in total. The first-order chi connectivity index (χ1) is 10.2. The quantitative estimate of drug-likeness (QED) is 0.920. The Morgan fingerprint density at radius 2 is 1.59 bits per heavy atom. The predicted octanol–water partition coefficient (Wildman–Crippen LogP) is 3.09. The first kappa shape index (κ1) is 16.6. The smallest absolute Gasteiger partial charge is 0.157 e. The van der Waals surface area contributed by atoms with Crippen LogP contribution < -0.4 is 0 Å². The van der Waals surface area contributed by atoms with Gasteiger partial charge in [0, 0.05) is 0 Å². The summed E-state index contributed by atoms with van der Waals surface area (Å²) in [7, 11) is -3.49. The molecule has 0 saturated carbocycles. The number of aryl methyl sites for hydroxylation is 2. The molecule has 0 aromatic heterocycles. The average molecular weight is 322 g/mol. The largest absolute Gasteiger partial charge is 0.387 e. The summed E-state index contributed by atoms with van der Waals surface area (Å²) in [5.74, 6) is -0.973. The zero-order chi connectivity index (χ0) is 16.3. The number of sulfone groups is 1. The Kier molecular flexibility index (Phi) is 4.98. The van der Waals surface area contributed by atoms with Crippen molar-refractivity contribution < 1.29 is 17.9 Å². The van der Waals surface area contributed by atoms with E-state index in [1.54, 1.807) is 12.1 Å². The van der Waals surface area contributed by atoms with Crippen LogP contribution in [0.4, 0.5) is 4.39 Å². The number of halogens is 1. The Labute approximate surface area is 130 Å². The Hall–Kier alpha value is -1.72. The first-order valence-corrected chi connectivity index (χ1v) is 8.78. The fourth-order valence-corrected chi connectivity index (χ4v) is 3.92. The maximum absolute atomic E-state index is 12.8. The van der Waals surface area contributed by atoms with Crippen LogP contribution in [0.5, 0.6) is 0 Å². The van der Waals surface area contributed by atoms with Gasteiger partial charge in [0.15, 0.2) is 9.84 Å². The number of hydrogen-bond donors (Lipinski definition) is 1. The third kappa shape index (κ3) is 4.64. The summed E-state index contributed by atoms with van der Waals surface area (Å²) in [6.07, 6.45) is -1.07. The van der Waals surface area contributed by atoms with Crippen molar-refractivity contribution in [3.8, 4) is 0 Å². The van der Waals surface area contributed by atoms with Gasteiger partial charge in [-0.1, -0.05) is 41.5 Å². The van der Waals surface area contributed by atoms with Crippen LogP contribution in [0.25, 0.3) is 0 Å². The molecule has 0 bridgehead atoms. The van der Waals surface area contributed by atoms with Gasteiger partial charge in [0.25, 0.3) is 0 Å². The van der Waals surface area contributed by atoms with Gasteiger partial charge in [0.05, 0.1) is 17.6 Å². The fourth-order valence-electron chi connectivity index (χ4n) is 2.43. The molecule has 0 saturated heterocycles. The molecule has 2 aromatic carbocycles. The molecular weight excluding hydrogens is 303 g/mol. The Balaban J connectivity index is 2.12. The van der Waals surface area contributed by atoms with Crippen LogP contribution in [0.3, 0.4) is 0 Å². The zero-order valence-corrected chi connectivity index (χ0v) is 13.4. The van der Waals surface area contributed by atoms with E-state index in [0.717, 1.165) is 11.1 Å². The highest BCUT2D eigenvalue weighted by atomic mass is 32.2. The number of benzene rings is 2. The molecule has 22 heavy (non-hydrogen) atoms. The van der Waals surface area contributed by atoms with Crippen LogP contribution >= 0.6 is 0 Å².